The number of benzene rings is 1. The van der Waals surface area contributed by atoms with Crippen LogP contribution < -0.4 is 0 Å². The van der Waals surface area contributed by atoms with Gasteiger partial charge >= 0.3 is 0 Å². The smallest absolute Gasteiger partial charge is 0.284 e. The van der Waals surface area contributed by atoms with Crippen molar-refractivity contribution in [1.82, 2.24) is 4.98 Å². The number of hydrogen-bond donors (Lipinski definition) is 0. The van der Waals surface area contributed by atoms with Crippen LogP contribution in [0.1, 0.15) is 0 Å². The second-order valence-corrected chi connectivity index (χ2v) is 2.44. The summed E-state index contributed by atoms with van der Waals surface area (Å²) in [6, 6.07) is 3.12. The van der Waals surface area contributed by atoms with Crippen molar-refractivity contribution in [3.05, 3.63) is 42.4 Å². The van der Waals surface area contributed by atoms with E-state index in [9.17, 15) is 8.78 Å². The van der Waals surface area contributed by atoms with E-state index in [0.717, 1.165) is 18.2 Å². The van der Waals surface area contributed by atoms with E-state index in [0.29, 0.717) is 0 Å². The molecule has 0 N–H and O–H groups in total. The minimum Gasteiger partial charge on any atom is -0.432 e. The Morgan fingerprint density at radius 2 is 2.15 bits per heavy atom. The lowest BCUT2D eigenvalue weighted by atomic mass is 10.2. The first-order valence-corrected chi connectivity index (χ1v) is 3.54. The summed E-state index contributed by atoms with van der Waals surface area (Å²) in [5.41, 5.74) is 0.0498. The molecule has 0 bridgehead atoms. The summed E-state index contributed by atoms with van der Waals surface area (Å²) < 4.78 is 30.5. The summed E-state index contributed by atoms with van der Waals surface area (Å²) in [6.45, 7) is 0. The van der Waals surface area contributed by atoms with Crippen LogP contribution in [0.2, 0.25) is 0 Å². The van der Waals surface area contributed by atoms with Gasteiger partial charge in [-0.3, -0.25) is 0 Å². The van der Waals surface area contributed by atoms with Crippen molar-refractivity contribution in [1.29, 1.82) is 0 Å². The fourth-order valence-electron chi connectivity index (χ4n) is 0.998. The van der Waals surface area contributed by atoms with E-state index >= 15 is 0 Å². The van der Waals surface area contributed by atoms with Crippen LogP contribution in [-0.4, -0.2) is 4.98 Å². The zero-order valence-corrected chi connectivity index (χ0v) is 6.42. The van der Waals surface area contributed by atoms with Crippen LogP contribution in [0.3, 0.4) is 0 Å². The van der Waals surface area contributed by atoms with Crippen molar-refractivity contribution in [2.45, 2.75) is 0 Å². The second-order valence-electron chi connectivity index (χ2n) is 2.44. The van der Waals surface area contributed by atoms with E-state index < -0.39 is 11.6 Å². The van der Waals surface area contributed by atoms with Crippen LogP contribution in [-0.2, 0) is 0 Å². The van der Waals surface area contributed by atoms with Crippen LogP contribution in [0.5, 0.6) is 0 Å². The monoisotopic (exact) mass is 180 g/mol. The van der Waals surface area contributed by atoms with E-state index in [4.69, 9.17) is 4.42 Å². The minimum atomic E-state index is -0.549. The molecule has 1 aromatic heterocycles. The summed E-state index contributed by atoms with van der Waals surface area (Å²) in [5.74, 6) is -0.906. The molecule has 0 saturated carbocycles. The maximum Gasteiger partial charge on any atom is 0.284 e. The molecule has 2 rings (SSSR count). The predicted molar refractivity (Wildman–Crippen MR) is 40.7 cm³/mol. The molecule has 1 radical (unpaired) electrons. The van der Waals surface area contributed by atoms with Gasteiger partial charge in [0, 0.05) is 0 Å². The lowest BCUT2D eigenvalue weighted by Gasteiger charge is -1.97. The molecule has 0 aliphatic rings. The van der Waals surface area contributed by atoms with Crippen LogP contribution in [0.15, 0.2) is 28.8 Å². The molecule has 1 heterocycles. The Kier molecular flexibility index (Phi) is 1.81. The fraction of sp³-hybridized carbons (Fsp3) is 0. The molecule has 0 aliphatic heterocycles. The molecule has 4 heteroatoms. The van der Waals surface area contributed by atoms with Crippen LogP contribution >= 0.6 is 0 Å². The number of hydrogen-bond acceptors (Lipinski definition) is 2. The van der Waals surface area contributed by atoms with Gasteiger partial charge in [-0.15, -0.1) is 0 Å². The molecule has 0 spiro atoms. The van der Waals surface area contributed by atoms with Crippen molar-refractivity contribution in [2.24, 2.45) is 0 Å². The SMILES string of the molecule is Fc1ccc(F)c(-c2cn[c]o2)c1. The Morgan fingerprint density at radius 1 is 1.31 bits per heavy atom. The molecule has 2 aromatic rings. The number of rotatable bonds is 1. The second kappa shape index (κ2) is 2.97. The van der Waals surface area contributed by atoms with Crippen LogP contribution in [0, 0.1) is 18.0 Å². The zero-order valence-electron chi connectivity index (χ0n) is 6.42. The Bertz CT molecular complexity index is 412. The molecular weight excluding hydrogens is 176 g/mol. The summed E-state index contributed by atoms with van der Waals surface area (Å²) in [4.78, 5) is 3.49. The highest BCUT2D eigenvalue weighted by molar-refractivity contribution is 5.56. The first-order chi connectivity index (χ1) is 6.27. The Balaban J connectivity index is 2.57. The third kappa shape index (κ3) is 1.42. The first kappa shape index (κ1) is 7.91. The molecule has 0 unspecified atom stereocenters. The van der Waals surface area contributed by atoms with E-state index in [-0.39, 0.29) is 11.3 Å². The minimum absolute atomic E-state index is 0.0498. The van der Waals surface area contributed by atoms with Crippen LogP contribution in [0.25, 0.3) is 11.3 Å². The lowest BCUT2D eigenvalue weighted by molar-refractivity contribution is 0.549. The summed E-state index contributed by atoms with van der Waals surface area (Å²) in [6.07, 6.45) is 3.44. The number of halogens is 2. The van der Waals surface area contributed by atoms with Gasteiger partial charge in [0.05, 0.1) is 11.8 Å². The maximum atomic E-state index is 13.1. The molecule has 0 saturated heterocycles. The summed E-state index contributed by atoms with van der Waals surface area (Å²) in [7, 11) is 0. The topological polar surface area (TPSA) is 26.0 Å². The van der Waals surface area contributed by atoms with Crippen molar-refractivity contribution >= 4 is 0 Å². The molecule has 0 aliphatic carbocycles. The highest BCUT2D eigenvalue weighted by atomic mass is 19.1. The molecule has 2 nitrogen and oxygen atoms in total. The van der Waals surface area contributed by atoms with Gasteiger partial charge in [-0.2, -0.15) is 0 Å². The van der Waals surface area contributed by atoms with Gasteiger partial charge in [0.2, 0.25) is 0 Å². The molecule has 0 atom stereocenters. The van der Waals surface area contributed by atoms with E-state index in [1.54, 1.807) is 0 Å². The first-order valence-electron chi connectivity index (χ1n) is 3.54. The fourth-order valence-corrected chi connectivity index (χ4v) is 0.998. The number of nitrogens with zero attached hydrogens (tertiary/aromatic N) is 1. The van der Waals surface area contributed by atoms with Crippen molar-refractivity contribution in [2.75, 3.05) is 0 Å². The predicted octanol–water partition coefficient (Wildman–Crippen LogP) is 2.42. The molecule has 13 heavy (non-hydrogen) atoms. The maximum absolute atomic E-state index is 13.1. The third-order valence-electron chi connectivity index (χ3n) is 1.58. The number of oxazole rings is 1. The average molecular weight is 180 g/mol. The van der Waals surface area contributed by atoms with Crippen molar-refractivity contribution in [3.8, 4) is 11.3 Å². The van der Waals surface area contributed by atoms with E-state index in [1.165, 1.54) is 6.20 Å². The Morgan fingerprint density at radius 3 is 2.85 bits per heavy atom. The quantitative estimate of drug-likeness (QED) is 0.673. The highest BCUT2D eigenvalue weighted by Crippen LogP contribution is 2.22. The highest BCUT2D eigenvalue weighted by Gasteiger charge is 2.08. The molecule has 0 fully saturated rings. The van der Waals surface area contributed by atoms with E-state index in [1.807, 2.05) is 0 Å². The zero-order chi connectivity index (χ0) is 9.26. The molecule has 0 amide bonds. The van der Waals surface area contributed by atoms with Gasteiger partial charge < -0.3 is 4.42 Å². The summed E-state index contributed by atoms with van der Waals surface area (Å²) >= 11 is 0. The van der Waals surface area contributed by atoms with Gasteiger partial charge in [-0.05, 0) is 18.2 Å². The molecular formula is C9H4F2NO. The van der Waals surface area contributed by atoms with Gasteiger partial charge in [0.1, 0.15) is 11.6 Å². The molecule has 1 aromatic carbocycles. The normalized spacial score (nSPS) is 10.3. The van der Waals surface area contributed by atoms with Crippen molar-refractivity contribution in [3.63, 3.8) is 0 Å². The third-order valence-corrected chi connectivity index (χ3v) is 1.58. The van der Waals surface area contributed by atoms with Crippen LogP contribution in [0.4, 0.5) is 8.78 Å². The lowest BCUT2D eigenvalue weighted by Crippen LogP contribution is -1.83. The van der Waals surface area contributed by atoms with Crippen molar-refractivity contribution < 1.29 is 13.2 Å². The van der Waals surface area contributed by atoms with E-state index in [2.05, 4.69) is 11.4 Å². The largest absolute Gasteiger partial charge is 0.432 e. The van der Waals surface area contributed by atoms with Gasteiger partial charge in [-0.25, -0.2) is 13.8 Å². The summed E-state index contributed by atoms with van der Waals surface area (Å²) in [5, 5.41) is 0. The molecule has 65 valence electrons. The average Bonchev–Trinajstić information content (AvgIpc) is 2.61. The Hall–Kier alpha value is -1.71. The van der Waals surface area contributed by atoms with Gasteiger partial charge in [0.15, 0.2) is 5.76 Å². The van der Waals surface area contributed by atoms with Gasteiger partial charge in [0.25, 0.3) is 6.39 Å². The number of aromatic nitrogens is 1. The Labute approximate surface area is 72.8 Å². The standard InChI is InChI=1S/C9H4F2NO/c10-6-1-2-8(11)7(3-6)9-4-12-5-13-9/h1-4H. The van der Waals surface area contributed by atoms with Gasteiger partial charge in [-0.1, -0.05) is 0 Å².